The van der Waals surface area contributed by atoms with Crippen LogP contribution in [0, 0.1) is 20.8 Å². The molecule has 6 rings (SSSR count). The molecule has 0 spiro atoms. The number of ether oxygens (including phenoxy) is 2. The lowest BCUT2D eigenvalue weighted by Crippen LogP contribution is -2.29. The highest BCUT2D eigenvalue weighted by Crippen LogP contribution is 2.44. The summed E-state index contributed by atoms with van der Waals surface area (Å²) < 4.78 is 13.3. The molecule has 7 nitrogen and oxygen atoms in total. The third kappa shape index (κ3) is 5.37. The molecule has 0 aliphatic carbocycles. The Bertz CT molecular complexity index is 1800. The van der Waals surface area contributed by atoms with Crippen LogP contribution in [0.4, 0.5) is 5.69 Å². The molecule has 3 aromatic carbocycles. The highest BCUT2D eigenvalue weighted by molar-refractivity contribution is 7.80. The molecule has 0 amide bonds. The van der Waals surface area contributed by atoms with E-state index in [-0.39, 0.29) is 18.1 Å². The molecule has 1 fully saturated rings. The first kappa shape index (κ1) is 28.2. The number of methoxy groups -OCH3 is 1. The van der Waals surface area contributed by atoms with Crippen molar-refractivity contribution in [2.45, 2.75) is 32.9 Å². The minimum absolute atomic E-state index is 0.186. The van der Waals surface area contributed by atoms with E-state index in [9.17, 15) is 4.79 Å². The normalized spacial score (nSPS) is 16.2. The van der Waals surface area contributed by atoms with E-state index >= 15 is 0 Å². The lowest BCUT2D eigenvalue weighted by atomic mass is 9.96. The average Bonchev–Trinajstić information content (AvgIpc) is 3.53. The molecule has 0 saturated carbocycles. The summed E-state index contributed by atoms with van der Waals surface area (Å²) in [5, 5.41) is 4.17. The number of thiocarbonyl (C=S) groups is 1. The summed E-state index contributed by atoms with van der Waals surface area (Å²) in [6.07, 6.45) is 1.80. The van der Waals surface area contributed by atoms with Gasteiger partial charge in [0.15, 0.2) is 5.11 Å². The number of hydrogen-bond donors (Lipinski definition) is 1. The van der Waals surface area contributed by atoms with Crippen molar-refractivity contribution in [3.63, 3.8) is 0 Å². The van der Waals surface area contributed by atoms with E-state index in [1.54, 1.807) is 12.3 Å². The summed E-state index contributed by atoms with van der Waals surface area (Å²) in [5.41, 5.74) is 7.47. The van der Waals surface area contributed by atoms with Gasteiger partial charge in [0.25, 0.3) is 0 Å². The Labute approximate surface area is 256 Å². The molecule has 216 valence electrons. The molecular weight excluding hydrogens is 556 g/mol. The molecule has 0 radical (unpaired) electrons. The van der Waals surface area contributed by atoms with E-state index in [1.807, 2.05) is 91.9 Å². The summed E-state index contributed by atoms with van der Waals surface area (Å²) in [6.45, 7) is 6.20. The van der Waals surface area contributed by atoms with E-state index in [0.717, 1.165) is 51.1 Å². The third-order valence-electron chi connectivity index (χ3n) is 7.85. The first-order chi connectivity index (χ1) is 20.9. The molecule has 0 bridgehead atoms. The van der Waals surface area contributed by atoms with Gasteiger partial charge in [-0.25, -0.2) is 4.79 Å². The van der Waals surface area contributed by atoms with Crippen LogP contribution in [0.3, 0.4) is 0 Å². The third-order valence-corrected chi connectivity index (χ3v) is 8.16. The fraction of sp³-hybridized carbons (Fsp3) is 0.171. The number of carbonyl (C=O) groups excluding carboxylic acids is 1. The SMILES string of the molecule is COC(=O)c1cccc(-n2c(C)cc([C@H]3[C@@H](c4ccccn4)NC(=S)N3c3ccc(Oc4ccccc4C)cc3)c2C)c1. The largest absolute Gasteiger partial charge is 0.465 e. The van der Waals surface area contributed by atoms with Crippen LogP contribution in [-0.4, -0.2) is 27.7 Å². The molecule has 43 heavy (non-hydrogen) atoms. The van der Waals surface area contributed by atoms with Crippen LogP contribution in [0.15, 0.2) is 103 Å². The average molecular weight is 589 g/mol. The van der Waals surface area contributed by atoms with Gasteiger partial charge in [-0.1, -0.05) is 30.3 Å². The van der Waals surface area contributed by atoms with Crippen LogP contribution in [0.2, 0.25) is 0 Å². The molecule has 2 aromatic heterocycles. The Hall–Kier alpha value is -4.95. The number of aromatic nitrogens is 2. The van der Waals surface area contributed by atoms with Gasteiger partial charge in [-0.2, -0.15) is 0 Å². The molecule has 1 N–H and O–H groups in total. The number of nitrogens with zero attached hydrogens (tertiary/aromatic N) is 3. The standard InChI is InChI=1S/C35H32N4O3S/c1-22-10-5-6-14-31(22)42-28-17-15-26(16-18-28)39-33(32(37-35(39)43)30-13-7-8-19-36-30)29-20-23(2)38(24(29)3)27-12-9-11-25(21-27)34(40)41-4/h5-21,32-33H,1-4H3,(H,37,43)/t32-,33+/m1/s1. The van der Waals surface area contributed by atoms with Gasteiger partial charge in [0.1, 0.15) is 11.5 Å². The van der Waals surface area contributed by atoms with Crippen LogP contribution in [-0.2, 0) is 4.74 Å². The van der Waals surface area contributed by atoms with E-state index < -0.39 is 0 Å². The fourth-order valence-electron chi connectivity index (χ4n) is 5.80. The Morgan fingerprint density at radius 2 is 1.65 bits per heavy atom. The lowest BCUT2D eigenvalue weighted by molar-refractivity contribution is 0.0600. The van der Waals surface area contributed by atoms with E-state index in [0.29, 0.717) is 10.7 Å². The number of carbonyl (C=O) groups is 1. The number of aryl methyl sites for hydroxylation is 2. The Morgan fingerprint density at radius 3 is 2.37 bits per heavy atom. The quantitative estimate of drug-likeness (QED) is 0.155. The van der Waals surface area contributed by atoms with Gasteiger partial charge in [-0.3, -0.25) is 4.98 Å². The minimum atomic E-state index is -0.369. The number of para-hydroxylation sites is 1. The summed E-state index contributed by atoms with van der Waals surface area (Å²) in [5.74, 6) is 1.20. The van der Waals surface area contributed by atoms with Crippen molar-refractivity contribution in [1.29, 1.82) is 0 Å². The van der Waals surface area contributed by atoms with Gasteiger partial charge >= 0.3 is 5.97 Å². The Balaban J connectivity index is 1.41. The zero-order chi connectivity index (χ0) is 30.1. The summed E-state index contributed by atoms with van der Waals surface area (Å²) in [7, 11) is 1.39. The van der Waals surface area contributed by atoms with Gasteiger partial charge in [0, 0.05) is 29.0 Å². The summed E-state index contributed by atoms with van der Waals surface area (Å²) in [4.78, 5) is 19.1. The summed E-state index contributed by atoms with van der Waals surface area (Å²) in [6, 6.07) is 31.2. The van der Waals surface area contributed by atoms with Crippen molar-refractivity contribution in [1.82, 2.24) is 14.9 Å². The maximum Gasteiger partial charge on any atom is 0.337 e. The topological polar surface area (TPSA) is 68.6 Å². The smallest absolute Gasteiger partial charge is 0.337 e. The Morgan fingerprint density at radius 1 is 0.884 bits per heavy atom. The van der Waals surface area contributed by atoms with E-state index in [2.05, 4.69) is 34.7 Å². The van der Waals surface area contributed by atoms with E-state index in [4.69, 9.17) is 26.7 Å². The zero-order valence-electron chi connectivity index (χ0n) is 24.4. The predicted molar refractivity (Wildman–Crippen MR) is 172 cm³/mol. The zero-order valence-corrected chi connectivity index (χ0v) is 25.3. The minimum Gasteiger partial charge on any atom is -0.465 e. The van der Waals surface area contributed by atoms with Crippen LogP contribution >= 0.6 is 12.2 Å². The van der Waals surface area contributed by atoms with Crippen molar-refractivity contribution in [2.24, 2.45) is 0 Å². The molecule has 1 aliphatic rings. The van der Waals surface area contributed by atoms with Gasteiger partial charge in [0.05, 0.1) is 30.5 Å². The lowest BCUT2D eigenvalue weighted by Gasteiger charge is -2.28. The second kappa shape index (κ2) is 11.7. The van der Waals surface area contributed by atoms with Crippen molar-refractivity contribution < 1.29 is 14.3 Å². The number of benzene rings is 3. The van der Waals surface area contributed by atoms with Crippen molar-refractivity contribution in [2.75, 3.05) is 12.0 Å². The van der Waals surface area contributed by atoms with Gasteiger partial charge in [-0.05, 0) is 111 Å². The highest BCUT2D eigenvalue weighted by atomic mass is 32.1. The second-order valence-electron chi connectivity index (χ2n) is 10.6. The molecule has 1 aliphatic heterocycles. The number of esters is 1. The second-order valence-corrected chi connectivity index (χ2v) is 10.9. The molecule has 5 aromatic rings. The van der Waals surface area contributed by atoms with E-state index in [1.165, 1.54) is 7.11 Å². The van der Waals surface area contributed by atoms with Crippen molar-refractivity contribution in [3.8, 4) is 17.2 Å². The number of pyridine rings is 1. The predicted octanol–water partition coefficient (Wildman–Crippen LogP) is 7.55. The number of rotatable bonds is 7. The Kier molecular flexibility index (Phi) is 7.69. The molecule has 0 unspecified atom stereocenters. The van der Waals surface area contributed by atoms with Crippen LogP contribution < -0.4 is 15.0 Å². The number of hydrogen-bond acceptors (Lipinski definition) is 5. The van der Waals surface area contributed by atoms with Crippen LogP contribution in [0.1, 0.15) is 50.7 Å². The molecule has 2 atom stereocenters. The first-order valence-electron chi connectivity index (χ1n) is 14.1. The van der Waals surface area contributed by atoms with Crippen molar-refractivity contribution >= 4 is 29.0 Å². The molecular formula is C35H32N4O3S. The number of anilines is 1. The first-order valence-corrected chi connectivity index (χ1v) is 14.5. The number of nitrogens with one attached hydrogen (secondary N) is 1. The van der Waals surface area contributed by atoms with Crippen LogP contribution in [0.25, 0.3) is 5.69 Å². The fourth-order valence-corrected chi connectivity index (χ4v) is 6.14. The summed E-state index contributed by atoms with van der Waals surface area (Å²) >= 11 is 5.96. The van der Waals surface area contributed by atoms with Crippen LogP contribution in [0.5, 0.6) is 11.5 Å². The maximum absolute atomic E-state index is 12.3. The monoisotopic (exact) mass is 588 g/mol. The van der Waals surface area contributed by atoms with Crippen molar-refractivity contribution in [3.05, 3.63) is 137 Å². The van der Waals surface area contributed by atoms with Gasteiger partial charge < -0.3 is 24.3 Å². The van der Waals surface area contributed by atoms with Gasteiger partial charge in [-0.15, -0.1) is 0 Å². The maximum atomic E-state index is 12.3. The molecule has 3 heterocycles. The van der Waals surface area contributed by atoms with Gasteiger partial charge in [0.2, 0.25) is 0 Å². The molecule has 8 heteroatoms. The molecule has 1 saturated heterocycles. The highest BCUT2D eigenvalue weighted by Gasteiger charge is 2.42.